The summed E-state index contributed by atoms with van der Waals surface area (Å²) in [6.07, 6.45) is 4.94. The topological polar surface area (TPSA) is 72.9 Å². The molecule has 1 heterocycles. The normalized spacial score (nSPS) is 23.4. The van der Waals surface area contributed by atoms with E-state index in [4.69, 9.17) is 0 Å². The molecule has 1 aliphatic carbocycles. The van der Waals surface area contributed by atoms with Crippen molar-refractivity contribution < 1.29 is 14.7 Å². The van der Waals surface area contributed by atoms with E-state index in [0.717, 1.165) is 45.3 Å². The maximum atomic E-state index is 12.4. The molecule has 120 valence electrons. The third-order valence-electron chi connectivity index (χ3n) is 4.82. The average molecular weight is 297 g/mol. The Labute approximate surface area is 126 Å². The van der Waals surface area contributed by atoms with E-state index >= 15 is 0 Å². The molecule has 0 aromatic heterocycles. The van der Waals surface area contributed by atoms with Gasteiger partial charge < -0.3 is 20.2 Å². The lowest BCUT2D eigenvalue weighted by Gasteiger charge is -2.37. The van der Waals surface area contributed by atoms with Crippen molar-refractivity contribution in [3.63, 3.8) is 0 Å². The average Bonchev–Trinajstić information content (AvgIpc) is 2.74. The predicted molar refractivity (Wildman–Crippen MR) is 80.3 cm³/mol. The Morgan fingerprint density at radius 1 is 1.05 bits per heavy atom. The van der Waals surface area contributed by atoms with Crippen molar-refractivity contribution in [2.24, 2.45) is 0 Å². The van der Waals surface area contributed by atoms with Crippen molar-refractivity contribution in [1.29, 1.82) is 0 Å². The second-order valence-corrected chi connectivity index (χ2v) is 6.15. The smallest absolute Gasteiger partial charge is 0.329 e. The maximum Gasteiger partial charge on any atom is 0.329 e. The van der Waals surface area contributed by atoms with Crippen molar-refractivity contribution in [3.05, 3.63) is 0 Å². The van der Waals surface area contributed by atoms with Gasteiger partial charge >= 0.3 is 12.0 Å². The largest absolute Gasteiger partial charge is 0.480 e. The minimum Gasteiger partial charge on any atom is -0.480 e. The number of carboxylic acids is 1. The van der Waals surface area contributed by atoms with Gasteiger partial charge in [-0.2, -0.15) is 0 Å². The van der Waals surface area contributed by atoms with Crippen LogP contribution in [-0.2, 0) is 4.79 Å². The molecule has 2 aliphatic rings. The Kier molecular flexibility index (Phi) is 5.45. The Morgan fingerprint density at radius 2 is 1.62 bits per heavy atom. The summed E-state index contributed by atoms with van der Waals surface area (Å²) in [5, 5.41) is 12.4. The zero-order valence-corrected chi connectivity index (χ0v) is 12.9. The predicted octanol–water partition coefficient (Wildman–Crippen LogP) is 1.51. The summed E-state index contributed by atoms with van der Waals surface area (Å²) in [7, 11) is 0. The quantitative estimate of drug-likeness (QED) is 0.775. The third kappa shape index (κ3) is 3.87. The zero-order chi connectivity index (χ0) is 15.3. The Bertz CT molecular complexity index is 370. The van der Waals surface area contributed by atoms with Crippen molar-refractivity contribution >= 4 is 12.0 Å². The molecule has 0 spiro atoms. The van der Waals surface area contributed by atoms with Gasteiger partial charge in [-0.1, -0.05) is 32.6 Å². The molecule has 0 atom stereocenters. The number of likely N-dealkylation sites (N-methyl/N-ethyl adjacent to an activating group) is 1. The van der Waals surface area contributed by atoms with Crippen molar-refractivity contribution in [2.45, 2.75) is 51.0 Å². The van der Waals surface area contributed by atoms with Gasteiger partial charge in [-0.25, -0.2) is 9.59 Å². The first kappa shape index (κ1) is 16.1. The van der Waals surface area contributed by atoms with Gasteiger partial charge in [-0.3, -0.25) is 0 Å². The molecule has 6 nitrogen and oxygen atoms in total. The SMILES string of the molecule is CCN1CCN(C(=O)NC2(C(=O)O)CCCCCC2)CC1. The van der Waals surface area contributed by atoms with Crippen LogP contribution in [-0.4, -0.2) is 65.2 Å². The van der Waals surface area contributed by atoms with Gasteiger partial charge in [0, 0.05) is 26.2 Å². The lowest BCUT2D eigenvalue weighted by atomic mass is 9.90. The highest BCUT2D eigenvalue weighted by atomic mass is 16.4. The van der Waals surface area contributed by atoms with E-state index in [1.54, 1.807) is 4.90 Å². The number of piperazine rings is 1. The highest BCUT2D eigenvalue weighted by molar-refractivity contribution is 5.86. The second-order valence-electron chi connectivity index (χ2n) is 6.15. The van der Waals surface area contributed by atoms with E-state index in [9.17, 15) is 14.7 Å². The molecule has 0 radical (unpaired) electrons. The van der Waals surface area contributed by atoms with Crippen LogP contribution in [0.5, 0.6) is 0 Å². The summed E-state index contributed by atoms with van der Waals surface area (Å²) in [4.78, 5) is 28.2. The molecule has 2 N–H and O–H groups in total. The summed E-state index contributed by atoms with van der Waals surface area (Å²) in [5.74, 6) is -0.884. The van der Waals surface area contributed by atoms with E-state index < -0.39 is 11.5 Å². The summed E-state index contributed by atoms with van der Waals surface area (Å²) >= 11 is 0. The molecule has 0 aromatic carbocycles. The lowest BCUT2D eigenvalue weighted by Crippen LogP contribution is -2.60. The molecule has 2 amide bonds. The van der Waals surface area contributed by atoms with Crippen LogP contribution in [0.3, 0.4) is 0 Å². The van der Waals surface area contributed by atoms with E-state index in [1.165, 1.54) is 0 Å². The van der Waals surface area contributed by atoms with E-state index in [1.807, 2.05) is 0 Å². The fourth-order valence-corrected chi connectivity index (χ4v) is 3.28. The molecule has 0 bridgehead atoms. The number of nitrogens with one attached hydrogen (secondary N) is 1. The molecular formula is C15H27N3O3. The molecule has 1 aliphatic heterocycles. The van der Waals surface area contributed by atoms with E-state index in [-0.39, 0.29) is 6.03 Å². The first-order chi connectivity index (χ1) is 10.1. The molecular weight excluding hydrogens is 270 g/mol. The van der Waals surface area contributed by atoms with Crippen LogP contribution >= 0.6 is 0 Å². The van der Waals surface area contributed by atoms with Crippen LogP contribution in [0.4, 0.5) is 4.79 Å². The first-order valence-electron chi connectivity index (χ1n) is 8.10. The number of rotatable bonds is 3. The van der Waals surface area contributed by atoms with Crippen molar-refractivity contribution in [3.8, 4) is 0 Å². The number of aliphatic carboxylic acids is 1. The van der Waals surface area contributed by atoms with Gasteiger partial charge in [-0.15, -0.1) is 0 Å². The van der Waals surface area contributed by atoms with Gasteiger partial charge in [0.25, 0.3) is 0 Å². The highest BCUT2D eigenvalue weighted by Gasteiger charge is 2.41. The number of hydrogen-bond acceptors (Lipinski definition) is 3. The number of amides is 2. The summed E-state index contributed by atoms with van der Waals surface area (Å²) in [6.45, 7) is 6.19. The highest BCUT2D eigenvalue weighted by Crippen LogP contribution is 2.27. The van der Waals surface area contributed by atoms with Crippen molar-refractivity contribution in [1.82, 2.24) is 15.1 Å². The van der Waals surface area contributed by atoms with E-state index in [0.29, 0.717) is 25.9 Å². The molecule has 1 saturated carbocycles. The minimum absolute atomic E-state index is 0.213. The van der Waals surface area contributed by atoms with Gasteiger partial charge in [0.1, 0.15) is 5.54 Å². The number of nitrogens with zero attached hydrogens (tertiary/aromatic N) is 2. The number of carboxylic acid groups (broad SMARTS) is 1. The summed E-state index contributed by atoms with van der Waals surface area (Å²) < 4.78 is 0. The van der Waals surface area contributed by atoms with Crippen LogP contribution < -0.4 is 5.32 Å². The lowest BCUT2D eigenvalue weighted by molar-refractivity contribution is -0.145. The van der Waals surface area contributed by atoms with Crippen LogP contribution in [0.25, 0.3) is 0 Å². The van der Waals surface area contributed by atoms with Crippen molar-refractivity contribution in [2.75, 3.05) is 32.7 Å². The molecule has 0 aromatic rings. The standard InChI is InChI=1S/C15H27N3O3/c1-2-17-9-11-18(12-10-17)14(21)16-15(13(19)20)7-5-3-4-6-8-15/h2-12H2,1H3,(H,16,21)(H,19,20). The van der Waals surface area contributed by atoms with Crippen LogP contribution in [0.1, 0.15) is 45.4 Å². The second kappa shape index (κ2) is 7.11. The zero-order valence-electron chi connectivity index (χ0n) is 12.9. The Hall–Kier alpha value is -1.30. The molecule has 0 unspecified atom stereocenters. The number of carbonyl (C=O) groups is 2. The monoisotopic (exact) mass is 297 g/mol. The Morgan fingerprint density at radius 3 is 2.10 bits per heavy atom. The van der Waals surface area contributed by atoms with Crippen LogP contribution in [0, 0.1) is 0 Å². The van der Waals surface area contributed by atoms with E-state index in [2.05, 4.69) is 17.1 Å². The number of urea groups is 1. The molecule has 2 fully saturated rings. The fraction of sp³-hybridized carbons (Fsp3) is 0.867. The molecule has 21 heavy (non-hydrogen) atoms. The minimum atomic E-state index is -1.06. The molecule has 1 saturated heterocycles. The third-order valence-corrected chi connectivity index (χ3v) is 4.82. The van der Waals surface area contributed by atoms with Gasteiger partial charge in [0.05, 0.1) is 0 Å². The molecule has 6 heteroatoms. The first-order valence-corrected chi connectivity index (χ1v) is 8.10. The molecule has 2 rings (SSSR count). The number of hydrogen-bond donors (Lipinski definition) is 2. The summed E-state index contributed by atoms with van der Waals surface area (Å²) in [5.41, 5.74) is -1.06. The Balaban J connectivity index is 1.97. The van der Waals surface area contributed by atoms with Crippen LogP contribution in [0.2, 0.25) is 0 Å². The van der Waals surface area contributed by atoms with Crippen LogP contribution in [0.15, 0.2) is 0 Å². The fourth-order valence-electron chi connectivity index (χ4n) is 3.28. The van der Waals surface area contributed by atoms with Gasteiger partial charge in [0.2, 0.25) is 0 Å². The van der Waals surface area contributed by atoms with Gasteiger partial charge in [0.15, 0.2) is 0 Å². The maximum absolute atomic E-state index is 12.4. The number of carbonyl (C=O) groups excluding carboxylic acids is 1. The summed E-state index contributed by atoms with van der Waals surface area (Å²) in [6, 6.07) is -0.213. The van der Waals surface area contributed by atoms with Gasteiger partial charge in [-0.05, 0) is 19.4 Å².